The number of nitrogens with zero attached hydrogens (tertiary/aromatic N) is 3. The van der Waals surface area contributed by atoms with Gasteiger partial charge in [-0.2, -0.15) is 0 Å². The summed E-state index contributed by atoms with van der Waals surface area (Å²) in [6.07, 6.45) is 1.57. The number of carbonyl (C=O) groups is 3. The lowest BCUT2D eigenvalue weighted by molar-refractivity contribution is -0.122. The summed E-state index contributed by atoms with van der Waals surface area (Å²) in [4.78, 5) is 43.2. The molecule has 1 atom stereocenters. The van der Waals surface area contributed by atoms with E-state index in [-0.39, 0.29) is 24.4 Å². The first-order valence-electron chi connectivity index (χ1n) is 7.34. The van der Waals surface area contributed by atoms with Crippen molar-refractivity contribution in [1.82, 2.24) is 20.1 Å². The number of pyridine rings is 1. The van der Waals surface area contributed by atoms with Crippen LogP contribution in [0.2, 0.25) is 0 Å². The summed E-state index contributed by atoms with van der Waals surface area (Å²) in [5, 5.41) is 2.28. The second-order valence-electron chi connectivity index (χ2n) is 5.88. The van der Waals surface area contributed by atoms with Crippen LogP contribution < -0.4 is 5.32 Å². The predicted molar refractivity (Wildman–Crippen MR) is 78.3 cm³/mol. The van der Waals surface area contributed by atoms with Gasteiger partial charge in [0.25, 0.3) is 11.8 Å². The maximum Gasteiger partial charge on any atom is 0.324 e. The van der Waals surface area contributed by atoms with E-state index in [1.807, 2.05) is 19.9 Å². The molecule has 0 bridgehead atoms. The lowest BCUT2D eigenvalue weighted by atomic mass is 10.1. The van der Waals surface area contributed by atoms with Crippen molar-refractivity contribution in [2.24, 2.45) is 0 Å². The normalized spacial score (nSPS) is 21.1. The van der Waals surface area contributed by atoms with Gasteiger partial charge in [-0.3, -0.25) is 19.9 Å². The Morgan fingerprint density at radius 2 is 2.09 bits per heavy atom. The maximum atomic E-state index is 12.5. The van der Waals surface area contributed by atoms with Crippen molar-refractivity contribution >= 4 is 17.8 Å². The molecular formula is C15H18N4O3. The molecule has 3 rings (SSSR count). The molecule has 7 heteroatoms. The molecule has 0 radical (unpaired) electrons. The Morgan fingerprint density at radius 3 is 2.73 bits per heavy atom. The molecule has 2 aliphatic heterocycles. The standard InChI is InChI=1S/C15H18N4O3/c1-9(2)11-4-3-10(7-16-11)14(21)18-5-6-19-12(8-18)13(20)17-15(19)22/h3-4,7,9,12H,5-6,8H2,1-2H3,(H,17,20,22). The molecule has 1 aromatic heterocycles. The van der Waals surface area contributed by atoms with E-state index in [1.165, 1.54) is 4.90 Å². The number of amides is 4. The molecule has 0 spiro atoms. The highest BCUT2D eigenvalue weighted by atomic mass is 16.2. The highest BCUT2D eigenvalue weighted by molar-refractivity contribution is 6.05. The molecule has 0 aliphatic carbocycles. The number of piperazine rings is 1. The fraction of sp³-hybridized carbons (Fsp3) is 0.467. The van der Waals surface area contributed by atoms with Crippen LogP contribution >= 0.6 is 0 Å². The monoisotopic (exact) mass is 302 g/mol. The molecule has 116 valence electrons. The zero-order valence-electron chi connectivity index (χ0n) is 12.6. The minimum Gasteiger partial charge on any atom is -0.334 e. The third kappa shape index (κ3) is 2.43. The van der Waals surface area contributed by atoms with E-state index in [1.54, 1.807) is 17.2 Å². The first-order chi connectivity index (χ1) is 10.5. The fourth-order valence-corrected chi connectivity index (χ4v) is 2.75. The minimum atomic E-state index is -0.576. The predicted octanol–water partition coefficient (Wildman–Crippen LogP) is 0.581. The Bertz CT molecular complexity index is 626. The Hall–Kier alpha value is -2.44. The lowest BCUT2D eigenvalue weighted by Gasteiger charge is -2.35. The summed E-state index contributed by atoms with van der Waals surface area (Å²) in [6, 6.07) is 2.66. The van der Waals surface area contributed by atoms with Gasteiger partial charge >= 0.3 is 6.03 Å². The molecule has 1 aromatic rings. The highest BCUT2D eigenvalue weighted by Crippen LogP contribution is 2.18. The van der Waals surface area contributed by atoms with Gasteiger partial charge in [0.1, 0.15) is 6.04 Å². The minimum absolute atomic E-state index is 0.158. The van der Waals surface area contributed by atoms with Gasteiger partial charge in [0.15, 0.2) is 0 Å². The largest absolute Gasteiger partial charge is 0.334 e. The van der Waals surface area contributed by atoms with Crippen molar-refractivity contribution in [1.29, 1.82) is 0 Å². The molecule has 22 heavy (non-hydrogen) atoms. The lowest BCUT2D eigenvalue weighted by Crippen LogP contribution is -2.54. The van der Waals surface area contributed by atoms with Gasteiger partial charge in [-0.05, 0) is 18.1 Å². The molecule has 7 nitrogen and oxygen atoms in total. The van der Waals surface area contributed by atoms with Gasteiger partial charge in [0.05, 0.1) is 12.1 Å². The van der Waals surface area contributed by atoms with Crippen molar-refractivity contribution in [2.75, 3.05) is 19.6 Å². The Labute approximate surface area is 128 Å². The molecule has 1 N–H and O–H groups in total. The molecule has 2 fully saturated rings. The average Bonchev–Trinajstić information content (AvgIpc) is 2.81. The smallest absolute Gasteiger partial charge is 0.324 e. The number of fused-ring (bicyclic) bond motifs is 1. The van der Waals surface area contributed by atoms with Gasteiger partial charge in [-0.1, -0.05) is 13.8 Å². The van der Waals surface area contributed by atoms with Gasteiger partial charge < -0.3 is 9.80 Å². The number of hydrogen-bond donors (Lipinski definition) is 1. The summed E-state index contributed by atoms with van der Waals surface area (Å²) in [5.74, 6) is -0.189. The summed E-state index contributed by atoms with van der Waals surface area (Å²) in [5.41, 5.74) is 1.43. The number of hydrogen-bond acceptors (Lipinski definition) is 4. The number of nitrogens with one attached hydrogen (secondary N) is 1. The molecule has 0 aromatic carbocycles. The molecule has 3 heterocycles. The summed E-state index contributed by atoms with van der Waals surface area (Å²) < 4.78 is 0. The molecule has 2 saturated heterocycles. The zero-order valence-corrected chi connectivity index (χ0v) is 12.6. The average molecular weight is 302 g/mol. The molecular weight excluding hydrogens is 284 g/mol. The number of rotatable bonds is 2. The van der Waals surface area contributed by atoms with E-state index in [4.69, 9.17) is 0 Å². The first-order valence-corrected chi connectivity index (χ1v) is 7.34. The van der Waals surface area contributed by atoms with E-state index in [0.29, 0.717) is 24.6 Å². The maximum absolute atomic E-state index is 12.5. The summed E-state index contributed by atoms with van der Waals surface area (Å²) in [7, 11) is 0. The van der Waals surface area contributed by atoms with E-state index >= 15 is 0 Å². The van der Waals surface area contributed by atoms with Crippen LogP contribution in [-0.4, -0.2) is 58.3 Å². The first kappa shape index (κ1) is 14.5. The zero-order chi connectivity index (χ0) is 15.9. The van der Waals surface area contributed by atoms with Crippen LogP contribution in [0.4, 0.5) is 4.79 Å². The van der Waals surface area contributed by atoms with Crippen LogP contribution in [0, 0.1) is 0 Å². The van der Waals surface area contributed by atoms with Gasteiger partial charge in [0.2, 0.25) is 0 Å². The fourth-order valence-electron chi connectivity index (χ4n) is 2.75. The van der Waals surface area contributed by atoms with Gasteiger partial charge in [-0.15, -0.1) is 0 Å². The van der Waals surface area contributed by atoms with Crippen LogP contribution in [0.15, 0.2) is 18.3 Å². The topological polar surface area (TPSA) is 82.6 Å². The van der Waals surface area contributed by atoms with Crippen LogP contribution in [0.25, 0.3) is 0 Å². The van der Waals surface area contributed by atoms with Crippen molar-refractivity contribution in [3.63, 3.8) is 0 Å². The number of urea groups is 1. The van der Waals surface area contributed by atoms with Crippen LogP contribution in [0.5, 0.6) is 0 Å². The van der Waals surface area contributed by atoms with Crippen LogP contribution in [0.1, 0.15) is 35.8 Å². The van der Waals surface area contributed by atoms with Gasteiger partial charge in [-0.25, -0.2) is 4.79 Å². The molecule has 0 saturated carbocycles. The van der Waals surface area contributed by atoms with E-state index < -0.39 is 6.04 Å². The Morgan fingerprint density at radius 1 is 1.32 bits per heavy atom. The van der Waals surface area contributed by atoms with Crippen molar-refractivity contribution in [2.45, 2.75) is 25.8 Å². The van der Waals surface area contributed by atoms with E-state index in [9.17, 15) is 14.4 Å². The summed E-state index contributed by atoms with van der Waals surface area (Å²) in [6.45, 7) is 5.09. The quantitative estimate of drug-likeness (QED) is 0.810. The Kier molecular flexibility index (Phi) is 3.56. The van der Waals surface area contributed by atoms with E-state index in [0.717, 1.165) is 5.69 Å². The van der Waals surface area contributed by atoms with Gasteiger partial charge in [0, 0.05) is 25.0 Å². The number of imide groups is 1. The van der Waals surface area contributed by atoms with E-state index in [2.05, 4.69) is 10.3 Å². The molecule has 2 aliphatic rings. The van der Waals surface area contributed by atoms with Crippen LogP contribution in [-0.2, 0) is 4.79 Å². The molecule has 4 amide bonds. The SMILES string of the molecule is CC(C)c1ccc(C(=O)N2CCN3C(=O)NC(=O)C3C2)cn1. The molecule has 1 unspecified atom stereocenters. The van der Waals surface area contributed by atoms with Crippen molar-refractivity contribution in [3.05, 3.63) is 29.6 Å². The summed E-state index contributed by atoms with van der Waals surface area (Å²) >= 11 is 0. The Balaban J connectivity index is 1.73. The number of aromatic nitrogens is 1. The number of carbonyl (C=O) groups excluding carboxylic acids is 3. The second-order valence-corrected chi connectivity index (χ2v) is 5.88. The second kappa shape index (κ2) is 5.40. The highest BCUT2D eigenvalue weighted by Gasteiger charge is 2.43. The van der Waals surface area contributed by atoms with Crippen LogP contribution in [0.3, 0.4) is 0 Å². The third-order valence-electron chi connectivity index (χ3n) is 4.09. The van der Waals surface area contributed by atoms with Crippen molar-refractivity contribution < 1.29 is 14.4 Å². The third-order valence-corrected chi connectivity index (χ3v) is 4.09. The van der Waals surface area contributed by atoms with Crippen molar-refractivity contribution in [3.8, 4) is 0 Å².